The summed E-state index contributed by atoms with van der Waals surface area (Å²) in [5.74, 6) is 1.22. The molecule has 1 aliphatic rings. The standard InChI is InChI=1S/C17H28N2O/c1-4-19(5-2)16-9-8-15(17(20)11-16)13-18-10-6-7-14(3)12-18/h8-9,11,14,20H,4-7,10,12-13H2,1-3H3. The van der Waals surface area contributed by atoms with Gasteiger partial charge in [0.25, 0.3) is 0 Å². The van der Waals surface area contributed by atoms with E-state index in [1.165, 1.54) is 12.8 Å². The molecule has 0 aliphatic carbocycles. The number of phenolic OH excluding ortho intramolecular Hbond substituents is 1. The number of anilines is 1. The lowest BCUT2D eigenvalue weighted by Gasteiger charge is -2.31. The highest BCUT2D eigenvalue weighted by molar-refractivity contribution is 5.53. The van der Waals surface area contributed by atoms with Crippen LogP contribution in [-0.2, 0) is 6.54 Å². The smallest absolute Gasteiger partial charge is 0.122 e. The van der Waals surface area contributed by atoms with E-state index in [1.807, 2.05) is 6.07 Å². The third kappa shape index (κ3) is 3.66. The van der Waals surface area contributed by atoms with Crippen LogP contribution in [0.4, 0.5) is 5.69 Å². The fraction of sp³-hybridized carbons (Fsp3) is 0.647. The van der Waals surface area contributed by atoms with Crippen LogP contribution < -0.4 is 4.90 Å². The van der Waals surface area contributed by atoms with Crippen molar-refractivity contribution < 1.29 is 5.11 Å². The quantitative estimate of drug-likeness (QED) is 0.892. The van der Waals surface area contributed by atoms with E-state index in [-0.39, 0.29) is 0 Å². The van der Waals surface area contributed by atoms with Crippen molar-refractivity contribution in [3.63, 3.8) is 0 Å². The maximum Gasteiger partial charge on any atom is 0.122 e. The largest absolute Gasteiger partial charge is 0.508 e. The summed E-state index contributed by atoms with van der Waals surface area (Å²) in [7, 11) is 0. The van der Waals surface area contributed by atoms with E-state index < -0.39 is 0 Å². The molecule has 1 fully saturated rings. The van der Waals surface area contributed by atoms with E-state index in [0.29, 0.717) is 5.75 Å². The van der Waals surface area contributed by atoms with E-state index in [2.05, 4.69) is 42.7 Å². The summed E-state index contributed by atoms with van der Waals surface area (Å²) in [4.78, 5) is 4.72. The molecule has 1 N–H and O–H groups in total. The normalized spacial score (nSPS) is 20.1. The fourth-order valence-corrected chi connectivity index (χ4v) is 3.14. The molecule has 1 aromatic carbocycles. The summed E-state index contributed by atoms with van der Waals surface area (Å²) in [6.45, 7) is 11.7. The molecular formula is C17H28N2O. The summed E-state index contributed by atoms with van der Waals surface area (Å²) in [5, 5.41) is 10.3. The van der Waals surface area contributed by atoms with Gasteiger partial charge in [0.05, 0.1) is 0 Å². The number of benzene rings is 1. The third-order valence-corrected chi connectivity index (χ3v) is 4.33. The molecule has 1 heterocycles. The van der Waals surface area contributed by atoms with Crippen LogP contribution in [0.3, 0.4) is 0 Å². The zero-order valence-corrected chi connectivity index (χ0v) is 13.1. The van der Waals surface area contributed by atoms with Crippen molar-refractivity contribution in [3.05, 3.63) is 23.8 Å². The van der Waals surface area contributed by atoms with E-state index in [1.54, 1.807) is 0 Å². The van der Waals surface area contributed by atoms with E-state index in [9.17, 15) is 5.11 Å². The monoisotopic (exact) mass is 276 g/mol. The zero-order valence-electron chi connectivity index (χ0n) is 13.1. The highest BCUT2D eigenvalue weighted by Crippen LogP contribution is 2.27. The van der Waals surface area contributed by atoms with Gasteiger partial charge in [0.1, 0.15) is 5.75 Å². The minimum atomic E-state index is 0.438. The molecule has 3 nitrogen and oxygen atoms in total. The molecule has 0 amide bonds. The number of hydrogen-bond acceptors (Lipinski definition) is 3. The minimum Gasteiger partial charge on any atom is -0.508 e. The molecule has 0 aromatic heterocycles. The Bertz CT molecular complexity index is 429. The number of nitrogens with zero attached hydrogens (tertiary/aromatic N) is 2. The first kappa shape index (κ1) is 15.2. The number of piperidine rings is 1. The molecular weight excluding hydrogens is 248 g/mol. The van der Waals surface area contributed by atoms with Gasteiger partial charge in [-0.3, -0.25) is 4.90 Å². The van der Waals surface area contributed by atoms with Gasteiger partial charge in [-0.05, 0) is 45.2 Å². The molecule has 2 rings (SSSR count). The molecule has 1 unspecified atom stereocenters. The van der Waals surface area contributed by atoms with Gasteiger partial charge >= 0.3 is 0 Å². The van der Waals surface area contributed by atoms with E-state index >= 15 is 0 Å². The second-order valence-corrected chi connectivity index (χ2v) is 5.97. The molecule has 0 saturated carbocycles. The topological polar surface area (TPSA) is 26.7 Å². The molecule has 0 spiro atoms. The van der Waals surface area contributed by atoms with E-state index in [0.717, 1.165) is 49.9 Å². The van der Waals surface area contributed by atoms with Gasteiger partial charge < -0.3 is 10.0 Å². The third-order valence-electron chi connectivity index (χ3n) is 4.33. The number of hydrogen-bond donors (Lipinski definition) is 1. The van der Waals surface area contributed by atoms with Gasteiger partial charge in [0, 0.05) is 43.5 Å². The van der Waals surface area contributed by atoms with Crippen LogP contribution in [0.1, 0.15) is 39.2 Å². The van der Waals surface area contributed by atoms with Crippen molar-refractivity contribution in [1.29, 1.82) is 0 Å². The highest BCUT2D eigenvalue weighted by Gasteiger charge is 2.17. The second kappa shape index (κ2) is 6.98. The molecule has 1 atom stereocenters. The second-order valence-electron chi connectivity index (χ2n) is 5.97. The van der Waals surface area contributed by atoms with Gasteiger partial charge in [0.15, 0.2) is 0 Å². The van der Waals surface area contributed by atoms with Crippen molar-refractivity contribution in [2.45, 2.75) is 40.2 Å². The molecule has 1 saturated heterocycles. The Hall–Kier alpha value is -1.22. The van der Waals surface area contributed by atoms with Gasteiger partial charge in [-0.15, -0.1) is 0 Å². The van der Waals surface area contributed by atoms with Crippen molar-refractivity contribution in [3.8, 4) is 5.75 Å². The average molecular weight is 276 g/mol. The number of phenols is 1. The molecule has 0 bridgehead atoms. The van der Waals surface area contributed by atoms with Crippen molar-refractivity contribution in [2.24, 2.45) is 5.92 Å². The lowest BCUT2D eigenvalue weighted by molar-refractivity contribution is 0.175. The fourth-order valence-electron chi connectivity index (χ4n) is 3.14. The molecule has 3 heteroatoms. The van der Waals surface area contributed by atoms with Crippen LogP contribution in [0.25, 0.3) is 0 Å². The van der Waals surface area contributed by atoms with Crippen LogP contribution in [-0.4, -0.2) is 36.2 Å². The number of rotatable bonds is 5. The van der Waals surface area contributed by atoms with Gasteiger partial charge in [-0.2, -0.15) is 0 Å². The number of likely N-dealkylation sites (tertiary alicyclic amines) is 1. The van der Waals surface area contributed by atoms with Crippen LogP contribution in [0, 0.1) is 5.92 Å². The summed E-state index contributed by atoms with van der Waals surface area (Å²) >= 11 is 0. The first-order chi connectivity index (χ1) is 9.63. The Morgan fingerprint density at radius 2 is 2.05 bits per heavy atom. The minimum absolute atomic E-state index is 0.438. The SMILES string of the molecule is CCN(CC)c1ccc(CN2CCCC(C)C2)c(O)c1. The number of aromatic hydroxyl groups is 1. The maximum absolute atomic E-state index is 10.3. The molecule has 1 aliphatic heterocycles. The lowest BCUT2D eigenvalue weighted by atomic mass is 9.99. The predicted octanol–water partition coefficient (Wildman–Crippen LogP) is 3.47. The average Bonchev–Trinajstić information content (AvgIpc) is 2.43. The Morgan fingerprint density at radius 3 is 2.65 bits per heavy atom. The van der Waals surface area contributed by atoms with Crippen LogP contribution in [0.15, 0.2) is 18.2 Å². The van der Waals surface area contributed by atoms with E-state index in [4.69, 9.17) is 0 Å². The van der Waals surface area contributed by atoms with Gasteiger partial charge in [-0.1, -0.05) is 13.0 Å². The van der Waals surface area contributed by atoms with Crippen LogP contribution in [0.5, 0.6) is 5.75 Å². The Balaban J connectivity index is 2.05. The predicted molar refractivity (Wildman–Crippen MR) is 85.3 cm³/mol. The summed E-state index contributed by atoms with van der Waals surface area (Å²) in [6, 6.07) is 6.13. The van der Waals surface area contributed by atoms with Crippen LogP contribution in [0.2, 0.25) is 0 Å². The first-order valence-corrected chi connectivity index (χ1v) is 7.93. The summed E-state index contributed by atoms with van der Waals surface area (Å²) in [5.41, 5.74) is 2.17. The lowest BCUT2D eigenvalue weighted by Crippen LogP contribution is -2.33. The van der Waals surface area contributed by atoms with Crippen molar-refractivity contribution >= 4 is 5.69 Å². The first-order valence-electron chi connectivity index (χ1n) is 7.93. The molecule has 20 heavy (non-hydrogen) atoms. The summed E-state index contributed by atoms with van der Waals surface area (Å²) in [6.07, 6.45) is 2.61. The zero-order chi connectivity index (χ0) is 14.5. The molecule has 112 valence electrons. The van der Waals surface area contributed by atoms with Crippen molar-refractivity contribution in [2.75, 3.05) is 31.1 Å². The Kier molecular flexibility index (Phi) is 5.30. The highest BCUT2D eigenvalue weighted by atomic mass is 16.3. The molecule has 1 aromatic rings. The summed E-state index contributed by atoms with van der Waals surface area (Å²) < 4.78 is 0. The van der Waals surface area contributed by atoms with Gasteiger partial charge in [0.2, 0.25) is 0 Å². The van der Waals surface area contributed by atoms with Crippen molar-refractivity contribution in [1.82, 2.24) is 4.90 Å². The van der Waals surface area contributed by atoms with Crippen LogP contribution >= 0.6 is 0 Å². The molecule has 0 radical (unpaired) electrons. The van der Waals surface area contributed by atoms with Gasteiger partial charge in [-0.25, -0.2) is 0 Å². The Labute approximate surface area is 123 Å². The maximum atomic E-state index is 10.3. The Morgan fingerprint density at radius 1 is 1.30 bits per heavy atom.